The summed E-state index contributed by atoms with van der Waals surface area (Å²) in [6.45, 7) is 3.81. The van der Waals surface area contributed by atoms with E-state index in [1.807, 2.05) is 54.6 Å². The highest BCUT2D eigenvalue weighted by Crippen LogP contribution is 2.29. The van der Waals surface area contributed by atoms with Gasteiger partial charge in [0.05, 0.1) is 27.4 Å². The third kappa shape index (κ3) is 3.67. The molecule has 0 spiro atoms. The van der Waals surface area contributed by atoms with Crippen molar-refractivity contribution in [2.24, 2.45) is 0 Å². The van der Waals surface area contributed by atoms with Crippen LogP contribution in [-0.4, -0.2) is 21.0 Å². The van der Waals surface area contributed by atoms with Crippen LogP contribution in [0, 0.1) is 25.2 Å². The Morgan fingerprint density at radius 3 is 2.79 bits per heavy atom. The molecule has 4 aromatic rings. The van der Waals surface area contributed by atoms with Gasteiger partial charge in [0.2, 0.25) is 5.91 Å². The maximum absolute atomic E-state index is 12.5. The van der Waals surface area contributed by atoms with Crippen molar-refractivity contribution in [1.82, 2.24) is 9.38 Å². The Morgan fingerprint density at radius 2 is 2.00 bits per heavy atom. The molecular formula is C22H17ClN4OS. The number of nitrogens with zero attached hydrogens (tertiary/aromatic N) is 3. The maximum Gasteiger partial charge on any atom is 0.234 e. The van der Waals surface area contributed by atoms with Gasteiger partial charge in [-0.3, -0.25) is 9.20 Å². The molecule has 2 heterocycles. The quantitative estimate of drug-likeness (QED) is 0.451. The zero-order valence-corrected chi connectivity index (χ0v) is 17.4. The number of nitriles is 1. The minimum Gasteiger partial charge on any atom is -0.325 e. The molecule has 0 aliphatic carbocycles. The summed E-state index contributed by atoms with van der Waals surface area (Å²) in [5.41, 5.74) is 5.38. The van der Waals surface area contributed by atoms with Crippen LogP contribution in [0.15, 0.2) is 53.6 Å². The number of para-hydroxylation sites is 2. The van der Waals surface area contributed by atoms with Crippen LogP contribution in [0.4, 0.5) is 5.69 Å². The Balaban J connectivity index is 1.67. The molecular weight excluding hydrogens is 404 g/mol. The molecule has 144 valence electrons. The standard InChI is InChI=1S/C22H17ClN4OS/c1-13-7-8-15(23)10-18(13)25-20(28)12-29-21-9-14(2)16(11-24)22-26-17-5-3-4-6-19(17)27(21)22/h3-10H,12H2,1-2H3,(H,25,28). The molecule has 0 atom stereocenters. The van der Waals surface area contributed by atoms with Gasteiger partial charge in [-0.1, -0.05) is 41.6 Å². The maximum atomic E-state index is 12.5. The van der Waals surface area contributed by atoms with E-state index in [1.54, 1.807) is 12.1 Å². The molecule has 0 aliphatic heterocycles. The van der Waals surface area contributed by atoms with Crippen LogP contribution in [0.2, 0.25) is 5.02 Å². The molecule has 5 nitrogen and oxygen atoms in total. The molecule has 2 aromatic heterocycles. The number of anilines is 1. The fraction of sp³-hybridized carbons (Fsp3) is 0.136. The second kappa shape index (κ2) is 7.78. The lowest BCUT2D eigenvalue weighted by Crippen LogP contribution is -2.15. The largest absolute Gasteiger partial charge is 0.325 e. The summed E-state index contributed by atoms with van der Waals surface area (Å²) in [5, 5.41) is 13.9. The summed E-state index contributed by atoms with van der Waals surface area (Å²) in [4.78, 5) is 17.2. The van der Waals surface area contributed by atoms with E-state index in [1.165, 1.54) is 11.8 Å². The number of nitrogens with one attached hydrogen (secondary N) is 1. The first kappa shape index (κ1) is 19.3. The highest BCUT2D eigenvalue weighted by molar-refractivity contribution is 7.99. The van der Waals surface area contributed by atoms with Crippen molar-refractivity contribution in [3.63, 3.8) is 0 Å². The number of carbonyl (C=O) groups is 1. The van der Waals surface area contributed by atoms with Crippen LogP contribution in [-0.2, 0) is 4.79 Å². The second-order valence-electron chi connectivity index (χ2n) is 6.71. The fourth-order valence-corrected chi connectivity index (χ4v) is 4.31. The molecule has 0 bridgehead atoms. The van der Waals surface area contributed by atoms with Crippen molar-refractivity contribution in [1.29, 1.82) is 5.26 Å². The van der Waals surface area contributed by atoms with Crippen LogP contribution >= 0.6 is 23.4 Å². The molecule has 0 aliphatic rings. The molecule has 0 fully saturated rings. The van der Waals surface area contributed by atoms with Gasteiger partial charge < -0.3 is 5.32 Å². The number of pyridine rings is 1. The van der Waals surface area contributed by atoms with Crippen LogP contribution in [0.3, 0.4) is 0 Å². The van der Waals surface area contributed by atoms with E-state index in [-0.39, 0.29) is 11.7 Å². The minimum absolute atomic E-state index is 0.125. The Morgan fingerprint density at radius 1 is 1.21 bits per heavy atom. The monoisotopic (exact) mass is 420 g/mol. The van der Waals surface area contributed by atoms with Crippen LogP contribution < -0.4 is 5.32 Å². The average molecular weight is 421 g/mol. The molecule has 0 unspecified atom stereocenters. The smallest absolute Gasteiger partial charge is 0.234 e. The van der Waals surface area contributed by atoms with Crippen molar-refractivity contribution in [2.75, 3.05) is 11.1 Å². The first-order valence-electron chi connectivity index (χ1n) is 8.97. The van der Waals surface area contributed by atoms with E-state index >= 15 is 0 Å². The van der Waals surface area contributed by atoms with Gasteiger partial charge in [-0.25, -0.2) is 4.98 Å². The van der Waals surface area contributed by atoms with E-state index in [0.29, 0.717) is 21.9 Å². The zero-order chi connectivity index (χ0) is 20.5. The van der Waals surface area contributed by atoms with E-state index in [9.17, 15) is 10.1 Å². The summed E-state index contributed by atoms with van der Waals surface area (Å²) < 4.78 is 1.95. The van der Waals surface area contributed by atoms with E-state index in [4.69, 9.17) is 11.6 Å². The summed E-state index contributed by atoms with van der Waals surface area (Å²) >= 11 is 7.44. The van der Waals surface area contributed by atoms with E-state index in [2.05, 4.69) is 16.4 Å². The third-order valence-corrected chi connectivity index (χ3v) is 5.91. The number of imidazole rings is 1. The van der Waals surface area contributed by atoms with Gasteiger partial charge in [0.1, 0.15) is 6.07 Å². The Kier molecular flexibility index (Phi) is 5.18. The molecule has 0 saturated carbocycles. The molecule has 7 heteroatoms. The highest BCUT2D eigenvalue weighted by atomic mass is 35.5. The Labute approximate surface area is 177 Å². The zero-order valence-electron chi connectivity index (χ0n) is 15.9. The van der Waals surface area contributed by atoms with Crippen molar-refractivity contribution >= 4 is 51.6 Å². The number of aromatic nitrogens is 2. The molecule has 29 heavy (non-hydrogen) atoms. The lowest BCUT2D eigenvalue weighted by Gasteiger charge is -2.11. The van der Waals surface area contributed by atoms with Crippen molar-refractivity contribution < 1.29 is 4.79 Å². The van der Waals surface area contributed by atoms with Gasteiger partial charge in [0.25, 0.3) is 0 Å². The van der Waals surface area contributed by atoms with Crippen molar-refractivity contribution in [2.45, 2.75) is 18.9 Å². The van der Waals surface area contributed by atoms with Crippen LogP contribution in [0.1, 0.15) is 16.7 Å². The normalized spacial score (nSPS) is 11.0. The molecule has 1 N–H and O–H groups in total. The summed E-state index contributed by atoms with van der Waals surface area (Å²) in [6, 6.07) is 17.3. The number of benzene rings is 2. The summed E-state index contributed by atoms with van der Waals surface area (Å²) in [7, 11) is 0. The van der Waals surface area contributed by atoms with Crippen molar-refractivity contribution in [3.8, 4) is 6.07 Å². The lowest BCUT2D eigenvalue weighted by atomic mass is 10.2. The Bertz CT molecular complexity index is 1310. The number of aryl methyl sites for hydroxylation is 2. The predicted molar refractivity (Wildman–Crippen MR) is 118 cm³/mol. The SMILES string of the molecule is Cc1ccc(Cl)cc1NC(=O)CSc1cc(C)c(C#N)c2nc3ccccc3n12. The number of amides is 1. The first-order chi connectivity index (χ1) is 14.0. The van der Waals surface area contributed by atoms with Gasteiger partial charge in [0.15, 0.2) is 5.65 Å². The van der Waals surface area contributed by atoms with Crippen LogP contribution in [0.5, 0.6) is 0 Å². The number of rotatable bonds is 4. The Hall–Kier alpha value is -3.01. The topological polar surface area (TPSA) is 70.2 Å². The van der Waals surface area contributed by atoms with Crippen LogP contribution in [0.25, 0.3) is 16.7 Å². The second-order valence-corrected chi connectivity index (χ2v) is 8.14. The number of fused-ring (bicyclic) bond motifs is 3. The number of hydrogen-bond acceptors (Lipinski definition) is 4. The lowest BCUT2D eigenvalue weighted by molar-refractivity contribution is -0.113. The average Bonchev–Trinajstić information content (AvgIpc) is 3.08. The van der Waals surface area contributed by atoms with E-state index in [0.717, 1.165) is 27.2 Å². The molecule has 4 rings (SSSR count). The number of hydrogen-bond donors (Lipinski definition) is 1. The van der Waals surface area contributed by atoms with Gasteiger partial charge in [0, 0.05) is 10.7 Å². The van der Waals surface area contributed by atoms with Crippen molar-refractivity contribution in [3.05, 3.63) is 70.2 Å². The molecule has 0 saturated heterocycles. The number of thioether (sulfide) groups is 1. The van der Waals surface area contributed by atoms with E-state index < -0.39 is 0 Å². The summed E-state index contributed by atoms with van der Waals surface area (Å²) in [5.74, 6) is 0.0961. The third-order valence-electron chi connectivity index (χ3n) is 4.68. The predicted octanol–water partition coefficient (Wildman–Crippen LogP) is 5.36. The molecule has 0 radical (unpaired) electrons. The minimum atomic E-state index is -0.125. The van der Waals surface area contributed by atoms with Gasteiger partial charge in [-0.15, -0.1) is 0 Å². The summed E-state index contributed by atoms with van der Waals surface area (Å²) in [6.07, 6.45) is 0. The van der Waals surface area contributed by atoms with Gasteiger partial charge >= 0.3 is 0 Å². The number of halogens is 1. The van der Waals surface area contributed by atoms with Gasteiger partial charge in [-0.2, -0.15) is 5.26 Å². The molecule has 1 amide bonds. The molecule has 2 aromatic carbocycles. The van der Waals surface area contributed by atoms with Gasteiger partial charge in [-0.05, 0) is 55.3 Å². The first-order valence-corrected chi connectivity index (χ1v) is 10.3. The number of carbonyl (C=O) groups excluding carboxylic acids is 1. The highest BCUT2D eigenvalue weighted by Gasteiger charge is 2.16. The fourth-order valence-electron chi connectivity index (χ4n) is 3.21.